The summed E-state index contributed by atoms with van der Waals surface area (Å²) in [5.41, 5.74) is 2.63. The average molecular weight is 399 g/mol. The predicted molar refractivity (Wildman–Crippen MR) is 116 cm³/mol. The minimum atomic E-state index is -1.12. The van der Waals surface area contributed by atoms with Gasteiger partial charge in [0.2, 0.25) is 0 Å². The molecule has 0 fully saturated rings. The highest BCUT2D eigenvalue weighted by molar-refractivity contribution is 5.85. The summed E-state index contributed by atoms with van der Waals surface area (Å²) in [6.45, 7) is 8.39. The molecule has 0 N–H and O–H groups in total. The van der Waals surface area contributed by atoms with Crippen LogP contribution in [0, 0.1) is 6.92 Å². The first-order valence-corrected chi connectivity index (χ1v) is 11.5. The molecule has 2 aromatic rings. The third-order valence-electron chi connectivity index (χ3n) is 5.77. The fraction of sp³-hybridized carbons (Fsp3) is 0.600. The lowest BCUT2D eigenvalue weighted by Crippen LogP contribution is -2.37. The smallest absolute Gasteiger partial charge is 0.256 e. The van der Waals surface area contributed by atoms with Gasteiger partial charge in [-0.05, 0) is 24.5 Å². The zero-order valence-electron chi connectivity index (χ0n) is 18.6. The van der Waals surface area contributed by atoms with Gasteiger partial charge in [-0.3, -0.25) is 0 Å². The van der Waals surface area contributed by atoms with E-state index in [1.54, 1.807) is 12.1 Å². The highest BCUT2D eigenvalue weighted by Gasteiger charge is 2.19. The monoisotopic (exact) mass is 398 g/mol. The third kappa shape index (κ3) is 7.34. The van der Waals surface area contributed by atoms with E-state index < -0.39 is 5.97 Å². The Bertz CT molecular complexity index is 747. The summed E-state index contributed by atoms with van der Waals surface area (Å²) in [7, 11) is 0. The van der Waals surface area contributed by atoms with Crippen molar-refractivity contribution in [2.45, 2.75) is 98.1 Å². The second kappa shape index (κ2) is 12.5. The maximum atomic E-state index is 11.0. The number of benzene rings is 1. The summed E-state index contributed by atoms with van der Waals surface area (Å²) >= 11 is 0. The average Bonchev–Trinajstić information content (AvgIpc) is 3.01. The van der Waals surface area contributed by atoms with E-state index in [1.807, 2.05) is 12.1 Å². The van der Waals surface area contributed by atoms with Crippen LogP contribution in [0.15, 0.2) is 30.5 Å². The molecule has 0 radical (unpaired) electrons. The van der Waals surface area contributed by atoms with Crippen molar-refractivity contribution in [3.05, 3.63) is 53.1 Å². The number of nitrogens with zero attached hydrogens (tertiary/aromatic N) is 2. The molecule has 0 saturated carbocycles. The molecule has 1 aromatic carbocycles. The Morgan fingerprint density at radius 1 is 0.931 bits per heavy atom. The van der Waals surface area contributed by atoms with E-state index in [2.05, 4.69) is 36.1 Å². The van der Waals surface area contributed by atoms with Gasteiger partial charge in [0, 0.05) is 13.3 Å². The molecule has 0 amide bonds. The molecule has 0 atom stereocenters. The molecule has 4 nitrogen and oxygen atoms in total. The summed E-state index contributed by atoms with van der Waals surface area (Å²) in [6.07, 6.45) is 15.4. The van der Waals surface area contributed by atoms with Crippen molar-refractivity contribution in [3.8, 4) is 0 Å². The van der Waals surface area contributed by atoms with E-state index >= 15 is 0 Å². The van der Waals surface area contributed by atoms with Crippen molar-refractivity contribution >= 4 is 5.97 Å². The van der Waals surface area contributed by atoms with Crippen LogP contribution in [0.1, 0.15) is 99.1 Å². The summed E-state index contributed by atoms with van der Waals surface area (Å²) in [4.78, 5) is 11.0. The molecule has 0 saturated heterocycles. The quantitative estimate of drug-likeness (QED) is 0.345. The van der Waals surface area contributed by atoms with Crippen LogP contribution < -0.4 is 9.67 Å². The standard InChI is InChI=1S/C25H38N2O2/c1-4-6-7-8-9-10-11-12-13-14-24-26(19-21(3)27(24)5-2)20-22-15-17-23(18-16-22)25(28)29/h15-19H,4-14,20H2,1-3H3. The van der Waals surface area contributed by atoms with Crippen LogP contribution in [0.5, 0.6) is 0 Å². The number of aromatic nitrogens is 2. The van der Waals surface area contributed by atoms with Crippen LogP contribution in [0.2, 0.25) is 0 Å². The Labute approximate surface area is 176 Å². The predicted octanol–water partition coefficient (Wildman–Crippen LogP) is 4.59. The molecule has 4 heteroatoms. The molecule has 0 aliphatic heterocycles. The van der Waals surface area contributed by atoms with Crippen molar-refractivity contribution < 1.29 is 14.5 Å². The van der Waals surface area contributed by atoms with Gasteiger partial charge >= 0.3 is 0 Å². The minimum Gasteiger partial charge on any atom is -0.545 e. The molecule has 0 aliphatic carbocycles. The molecule has 0 aliphatic rings. The normalized spacial score (nSPS) is 11.1. The lowest BCUT2D eigenvalue weighted by atomic mass is 10.1. The Morgan fingerprint density at radius 3 is 2.07 bits per heavy atom. The maximum Gasteiger partial charge on any atom is 0.256 e. The van der Waals surface area contributed by atoms with Crippen LogP contribution in [-0.4, -0.2) is 10.5 Å². The van der Waals surface area contributed by atoms with E-state index in [4.69, 9.17) is 0 Å². The number of carboxylic acids is 1. The molecule has 1 heterocycles. The number of carboxylic acid groups (broad SMARTS) is 1. The van der Waals surface area contributed by atoms with Crippen molar-refractivity contribution in [1.29, 1.82) is 0 Å². The van der Waals surface area contributed by atoms with Crippen LogP contribution in [0.4, 0.5) is 0 Å². The van der Waals surface area contributed by atoms with Gasteiger partial charge in [0.25, 0.3) is 5.82 Å². The maximum absolute atomic E-state index is 11.0. The first kappa shape index (κ1) is 23.2. The Morgan fingerprint density at radius 2 is 1.52 bits per heavy atom. The number of carbonyl (C=O) groups excluding carboxylic acids is 1. The van der Waals surface area contributed by atoms with Crippen LogP contribution in [0.3, 0.4) is 0 Å². The van der Waals surface area contributed by atoms with Gasteiger partial charge in [-0.2, -0.15) is 0 Å². The highest BCUT2D eigenvalue weighted by Crippen LogP contribution is 2.13. The van der Waals surface area contributed by atoms with E-state index in [0.29, 0.717) is 0 Å². The number of aryl methyl sites for hydroxylation is 1. The molecule has 0 spiro atoms. The van der Waals surface area contributed by atoms with Gasteiger partial charge in [0.15, 0.2) is 0 Å². The lowest BCUT2D eigenvalue weighted by Gasteiger charge is -2.07. The Kier molecular flexibility index (Phi) is 9.96. The van der Waals surface area contributed by atoms with E-state index in [-0.39, 0.29) is 5.56 Å². The summed E-state index contributed by atoms with van der Waals surface area (Å²) in [6, 6.07) is 7.04. The van der Waals surface area contributed by atoms with Crippen molar-refractivity contribution in [2.24, 2.45) is 0 Å². The number of imidazole rings is 1. The van der Waals surface area contributed by atoms with E-state index in [0.717, 1.165) is 25.1 Å². The first-order chi connectivity index (χ1) is 14.1. The highest BCUT2D eigenvalue weighted by atomic mass is 16.4. The third-order valence-corrected chi connectivity index (χ3v) is 5.77. The molecular weight excluding hydrogens is 360 g/mol. The number of aromatic carboxylic acids is 1. The SMILES string of the molecule is CCCCCCCCCCCc1n(CC)c(C)c[n+]1Cc1ccc(C(=O)[O-])cc1. The van der Waals surface area contributed by atoms with Gasteiger partial charge < -0.3 is 9.90 Å². The number of hydrogen-bond acceptors (Lipinski definition) is 2. The summed E-state index contributed by atoms with van der Waals surface area (Å²) in [5, 5.41) is 11.0. The fourth-order valence-electron chi connectivity index (χ4n) is 4.11. The lowest BCUT2D eigenvalue weighted by molar-refractivity contribution is -0.695. The second-order valence-corrected chi connectivity index (χ2v) is 8.12. The Balaban J connectivity index is 1.89. The second-order valence-electron chi connectivity index (χ2n) is 8.12. The van der Waals surface area contributed by atoms with Crippen molar-refractivity contribution in [3.63, 3.8) is 0 Å². The van der Waals surface area contributed by atoms with Crippen molar-refractivity contribution in [1.82, 2.24) is 4.57 Å². The number of carbonyl (C=O) groups is 1. The van der Waals surface area contributed by atoms with E-state index in [9.17, 15) is 9.90 Å². The Hall–Kier alpha value is -2.10. The molecule has 1 aromatic heterocycles. The van der Waals surface area contributed by atoms with Crippen molar-refractivity contribution in [2.75, 3.05) is 0 Å². The topological polar surface area (TPSA) is 48.9 Å². The molecule has 29 heavy (non-hydrogen) atoms. The largest absolute Gasteiger partial charge is 0.545 e. The van der Waals surface area contributed by atoms with Gasteiger partial charge in [-0.15, -0.1) is 0 Å². The zero-order valence-corrected chi connectivity index (χ0v) is 18.6. The zero-order chi connectivity index (χ0) is 21.1. The van der Waals surface area contributed by atoms with Gasteiger partial charge in [-0.25, -0.2) is 9.13 Å². The molecule has 2 rings (SSSR count). The van der Waals surface area contributed by atoms with Gasteiger partial charge in [0.1, 0.15) is 18.4 Å². The molecule has 0 bridgehead atoms. The number of hydrogen-bond donors (Lipinski definition) is 0. The molecular formula is C25H38N2O2. The number of unbranched alkanes of at least 4 members (excludes halogenated alkanes) is 8. The fourth-order valence-corrected chi connectivity index (χ4v) is 4.11. The molecule has 160 valence electrons. The van der Waals surface area contributed by atoms with Crippen LogP contribution in [-0.2, 0) is 19.5 Å². The first-order valence-electron chi connectivity index (χ1n) is 11.5. The summed E-state index contributed by atoms with van der Waals surface area (Å²) < 4.78 is 4.73. The van der Waals surface area contributed by atoms with Gasteiger partial charge in [-0.1, -0.05) is 82.6 Å². The van der Waals surface area contributed by atoms with Gasteiger partial charge in [0.05, 0.1) is 12.5 Å². The summed E-state index contributed by atoms with van der Waals surface area (Å²) in [5.74, 6) is 0.250. The minimum absolute atomic E-state index is 0.232. The molecule has 0 unspecified atom stereocenters. The van der Waals surface area contributed by atoms with Crippen LogP contribution in [0.25, 0.3) is 0 Å². The van der Waals surface area contributed by atoms with E-state index in [1.165, 1.54) is 69.3 Å². The van der Waals surface area contributed by atoms with Crippen LogP contribution >= 0.6 is 0 Å². The number of rotatable bonds is 14.